The summed E-state index contributed by atoms with van der Waals surface area (Å²) in [5, 5.41) is 25.1. The van der Waals surface area contributed by atoms with Crippen LogP contribution in [-0.2, 0) is 33.5 Å². The Morgan fingerprint density at radius 3 is 2.07 bits per heavy atom. The largest absolute Gasteiger partial charge is 0.481 e. The number of carbonyl (C=O) groups is 7. The predicted molar refractivity (Wildman–Crippen MR) is 152 cm³/mol. The molecule has 226 valence electrons. The Morgan fingerprint density at radius 1 is 0.854 bits per heavy atom. The van der Waals surface area contributed by atoms with E-state index in [9.17, 15) is 33.6 Å². The number of esters is 1. The van der Waals surface area contributed by atoms with Crippen LogP contribution in [0.15, 0.2) is 24.3 Å². The lowest BCUT2D eigenvalue weighted by Gasteiger charge is -2.20. The molecule has 0 spiro atoms. The maximum Gasteiger partial charge on any atom is 0.305 e. The molecule has 0 aromatic heterocycles. The Morgan fingerprint density at radius 2 is 1.46 bits per heavy atom. The molecule has 0 fully saturated rings. The molecule has 1 aromatic rings. The number of Topliss-reactive ketones (excluding diaryl/α,β-unsaturated/α-hetero) is 1. The number of amides is 3. The van der Waals surface area contributed by atoms with Gasteiger partial charge in [0.2, 0.25) is 11.8 Å². The highest BCUT2D eigenvalue weighted by Gasteiger charge is 2.28. The minimum Gasteiger partial charge on any atom is -0.481 e. The summed E-state index contributed by atoms with van der Waals surface area (Å²) in [6.07, 6.45) is -0.878. The molecule has 0 aliphatic rings. The number of hydrogen-bond acceptors (Lipinski definition) is 10. The second-order valence-electron chi connectivity index (χ2n) is 8.83. The van der Waals surface area contributed by atoms with Crippen LogP contribution in [0, 0.1) is 6.92 Å². The first kappa shape index (κ1) is 35.4. The molecular weight excluding hydrogens is 578 g/mol. The summed E-state index contributed by atoms with van der Waals surface area (Å²) in [4.78, 5) is 82.0. The molecule has 0 radical (unpaired) electrons. The van der Waals surface area contributed by atoms with E-state index in [1.807, 2.05) is 19.1 Å². The molecule has 41 heavy (non-hydrogen) atoms. The van der Waals surface area contributed by atoms with Gasteiger partial charge in [-0.3, -0.25) is 33.6 Å². The second kappa shape index (κ2) is 19.5. The van der Waals surface area contributed by atoms with Crippen LogP contribution < -0.4 is 16.0 Å². The van der Waals surface area contributed by atoms with Crippen LogP contribution in [0.3, 0.4) is 0 Å². The Balaban J connectivity index is 2.23. The van der Waals surface area contributed by atoms with Crippen molar-refractivity contribution in [2.45, 2.75) is 58.0 Å². The van der Waals surface area contributed by atoms with E-state index in [0.29, 0.717) is 30.0 Å². The Labute approximate surface area is 245 Å². The number of rotatable bonds is 20. The molecule has 13 nitrogen and oxygen atoms in total. The Kier molecular flexibility index (Phi) is 16.8. The summed E-state index contributed by atoms with van der Waals surface area (Å²) in [6, 6.07) is 4.32. The fourth-order valence-corrected chi connectivity index (χ4v) is 4.97. The van der Waals surface area contributed by atoms with E-state index < -0.39 is 60.4 Å². The maximum absolute atomic E-state index is 12.4. The van der Waals surface area contributed by atoms with Gasteiger partial charge < -0.3 is 30.9 Å². The summed E-state index contributed by atoms with van der Waals surface area (Å²) < 4.78 is 5.14. The highest BCUT2D eigenvalue weighted by atomic mass is 33.1. The number of benzene rings is 1. The van der Waals surface area contributed by atoms with E-state index in [4.69, 9.17) is 14.9 Å². The summed E-state index contributed by atoms with van der Waals surface area (Å²) in [6.45, 7) is 3.51. The zero-order valence-corrected chi connectivity index (χ0v) is 24.4. The molecule has 0 heterocycles. The number of carboxylic acid groups (broad SMARTS) is 2. The van der Waals surface area contributed by atoms with Crippen molar-refractivity contribution in [3.8, 4) is 0 Å². The lowest BCUT2D eigenvalue weighted by atomic mass is 10.1. The van der Waals surface area contributed by atoms with Crippen LogP contribution in [0.1, 0.15) is 54.9 Å². The van der Waals surface area contributed by atoms with Crippen molar-refractivity contribution in [3.63, 3.8) is 0 Å². The molecule has 3 amide bonds. The first-order valence-corrected chi connectivity index (χ1v) is 15.2. The highest BCUT2D eigenvalue weighted by molar-refractivity contribution is 8.76. The standard InChI is InChI=1S/C26H35N3O10S2/c1-16-5-7-18(8-6-16)25(37)27-10-3-4-24(36)39-11-13-41-40-12-9-21(31)28-20(15-23(34)35)26(38)29-19(17(2)30)14-22(32)33/h5-8,19-20H,3-4,9-15H2,1-2H3,(H,27,37)(H,28,31)(H,29,38)(H,32,33)(H,34,35)/t19-,20-/m0/s1. The SMILES string of the molecule is CC(=O)[C@H](CC(=O)O)NC(=O)[C@H](CC(=O)O)NC(=O)CCSSCCOC(=O)CCCNC(=O)c1ccc(C)cc1. The van der Waals surface area contributed by atoms with Crippen LogP contribution >= 0.6 is 21.6 Å². The fourth-order valence-electron chi connectivity index (χ4n) is 3.15. The van der Waals surface area contributed by atoms with Crippen LogP contribution in [0.5, 0.6) is 0 Å². The summed E-state index contributed by atoms with van der Waals surface area (Å²) in [5.74, 6) is -4.71. The van der Waals surface area contributed by atoms with Crippen LogP contribution in [0.2, 0.25) is 0 Å². The van der Waals surface area contributed by atoms with Crippen molar-refractivity contribution in [1.29, 1.82) is 0 Å². The van der Waals surface area contributed by atoms with E-state index in [0.717, 1.165) is 12.5 Å². The van der Waals surface area contributed by atoms with Gasteiger partial charge in [0.25, 0.3) is 5.91 Å². The van der Waals surface area contributed by atoms with Gasteiger partial charge in [-0.15, -0.1) is 0 Å². The van der Waals surface area contributed by atoms with Gasteiger partial charge in [-0.2, -0.15) is 0 Å². The number of nitrogens with one attached hydrogen (secondary N) is 3. The molecule has 1 rings (SSSR count). The van der Waals surface area contributed by atoms with Crippen molar-refractivity contribution < 1.29 is 48.5 Å². The van der Waals surface area contributed by atoms with Crippen molar-refractivity contribution in [3.05, 3.63) is 35.4 Å². The molecular formula is C26H35N3O10S2. The topological polar surface area (TPSA) is 205 Å². The third-order valence-electron chi connectivity index (χ3n) is 5.30. The fraction of sp³-hybridized carbons (Fsp3) is 0.500. The third kappa shape index (κ3) is 16.3. The monoisotopic (exact) mass is 613 g/mol. The quantitative estimate of drug-likeness (QED) is 0.0802. The second-order valence-corrected chi connectivity index (χ2v) is 11.5. The van der Waals surface area contributed by atoms with Crippen molar-refractivity contribution in [1.82, 2.24) is 16.0 Å². The molecule has 1 aromatic carbocycles. The van der Waals surface area contributed by atoms with Crippen molar-refractivity contribution in [2.24, 2.45) is 0 Å². The molecule has 0 unspecified atom stereocenters. The summed E-state index contributed by atoms with van der Waals surface area (Å²) in [7, 11) is 2.67. The van der Waals surface area contributed by atoms with Gasteiger partial charge in [0.15, 0.2) is 5.78 Å². The van der Waals surface area contributed by atoms with Crippen LogP contribution in [-0.4, -0.2) is 88.4 Å². The average molecular weight is 614 g/mol. The Hall–Kier alpha value is -3.59. The number of carboxylic acids is 2. The summed E-state index contributed by atoms with van der Waals surface area (Å²) in [5.41, 5.74) is 1.60. The van der Waals surface area contributed by atoms with E-state index >= 15 is 0 Å². The van der Waals surface area contributed by atoms with Gasteiger partial charge in [0.05, 0.1) is 18.9 Å². The lowest BCUT2D eigenvalue weighted by Crippen LogP contribution is -2.52. The molecule has 15 heteroatoms. The van der Waals surface area contributed by atoms with E-state index in [2.05, 4.69) is 16.0 Å². The van der Waals surface area contributed by atoms with Gasteiger partial charge in [0.1, 0.15) is 12.6 Å². The number of ketones is 1. The van der Waals surface area contributed by atoms with E-state index in [-0.39, 0.29) is 25.4 Å². The summed E-state index contributed by atoms with van der Waals surface area (Å²) >= 11 is 0. The Bertz CT molecular complexity index is 1080. The van der Waals surface area contributed by atoms with Crippen molar-refractivity contribution >= 4 is 63.0 Å². The zero-order chi connectivity index (χ0) is 30.8. The van der Waals surface area contributed by atoms with Gasteiger partial charge in [-0.25, -0.2) is 0 Å². The van der Waals surface area contributed by atoms with E-state index in [1.165, 1.54) is 21.6 Å². The number of carbonyl (C=O) groups excluding carboxylic acids is 5. The van der Waals surface area contributed by atoms with Gasteiger partial charge in [-0.1, -0.05) is 39.3 Å². The first-order chi connectivity index (χ1) is 19.4. The maximum atomic E-state index is 12.4. The minimum absolute atomic E-state index is 0.0412. The molecule has 0 saturated carbocycles. The first-order valence-electron chi connectivity index (χ1n) is 12.7. The number of hydrogen-bond donors (Lipinski definition) is 5. The number of aryl methyl sites for hydroxylation is 1. The molecule has 0 aliphatic heterocycles. The highest BCUT2D eigenvalue weighted by Crippen LogP contribution is 2.21. The molecule has 0 saturated heterocycles. The molecule has 5 N–H and O–H groups in total. The minimum atomic E-state index is -1.48. The number of ether oxygens (including phenoxy) is 1. The smallest absolute Gasteiger partial charge is 0.305 e. The van der Waals surface area contributed by atoms with Crippen LogP contribution in [0.4, 0.5) is 0 Å². The predicted octanol–water partition coefficient (Wildman–Crippen LogP) is 1.33. The molecule has 0 bridgehead atoms. The average Bonchev–Trinajstić information content (AvgIpc) is 2.89. The van der Waals surface area contributed by atoms with Crippen LogP contribution in [0.25, 0.3) is 0 Å². The molecule has 2 atom stereocenters. The van der Waals surface area contributed by atoms with Crippen molar-refractivity contribution in [2.75, 3.05) is 24.7 Å². The van der Waals surface area contributed by atoms with Gasteiger partial charge >= 0.3 is 17.9 Å². The lowest BCUT2D eigenvalue weighted by molar-refractivity contribution is -0.143. The molecule has 0 aliphatic carbocycles. The van der Waals surface area contributed by atoms with Gasteiger partial charge in [0, 0.05) is 36.5 Å². The third-order valence-corrected chi connectivity index (χ3v) is 7.67. The van der Waals surface area contributed by atoms with Gasteiger partial charge in [-0.05, 0) is 32.4 Å². The van der Waals surface area contributed by atoms with E-state index in [1.54, 1.807) is 12.1 Å². The number of aliphatic carboxylic acids is 2. The zero-order valence-electron chi connectivity index (χ0n) is 22.8. The normalized spacial score (nSPS) is 12.0.